The molecule has 2 aromatic heterocycles. The number of nitrogens with one attached hydrogen (secondary N) is 1. The molecule has 166 valence electrons. The lowest BCUT2D eigenvalue weighted by molar-refractivity contribution is 0.103. The van der Waals surface area contributed by atoms with Gasteiger partial charge >= 0.3 is 5.69 Å². The predicted octanol–water partition coefficient (Wildman–Crippen LogP) is 1.85. The van der Waals surface area contributed by atoms with Crippen molar-refractivity contribution < 1.29 is 14.3 Å². The number of ketones is 1. The molecule has 0 amide bonds. The van der Waals surface area contributed by atoms with Crippen LogP contribution >= 0.6 is 23.2 Å². The number of methoxy groups -OCH3 is 1. The van der Waals surface area contributed by atoms with Crippen molar-refractivity contribution in [2.75, 3.05) is 13.7 Å². The minimum atomic E-state index is -0.551. The van der Waals surface area contributed by atoms with Gasteiger partial charge in [-0.05, 0) is 19.1 Å². The number of benzene rings is 1. The van der Waals surface area contributed by atoms with Gasteiger partial charge in [0.1, 0.15) is 18.8 Å². The van der Waals surface area contributed by atoms with Crippen LogP contribution in [0, 0.1) is 0 Å². The van der Waals surface area contributed by atoms with Gasteiger partial charge in [0.05, 0.1) is 16.6 Å². The highest BCUT2D eigenvalue weighted by Gasteiger charge is 2.22. The summed E-state index contributed by atoms with van der Waals surface area (Å²) in [5, 5.41) is 7.08. The summed E-state index contributed by atoms with van der Waals surface area (Å²) in [4.78, 5) is 37.3. The molecule has 0 atom stereocenters. The van der Waals surface area contributed by atoms with Crippen LogP contribution in [0.25, 0.3) is 0 Å². The van der Waals surface area contributed by atoms with Gasteiger partial charge in [-0.25, -0.2) is 9.48 Å². The number of hydrogen-bond acceptors (Lipinski definition) is 6. The van der Waals surface area contributed by atoms with E-state index in [4.69, 9.17) is 32.7 Å². The molecule has 0 bridgehead atoms. The molecule has 2 heterocycles. The third-order valence-corrected chi connectivity index (χ3v) is 5.32. The average molecular weight is 470 g/mol. The van der Waals surface area contributed by atoms with E-state index in [1.165, 1.54) is 39.4 Å². The van der Waals surface area contributed by atoms with Gasteiger partial charge in [-0.1, -0.05) is 23.2 Å². The first-order valence-corrected chi connectivity index (χ1v) is 10.1. The number of ether oxygens (including phenoxy) is 2. The highest BCUT2D eigenvalue weighted by molar-refractivity contribution is 6.39. The topological polar surface area (TPSA) is 113 Å². The van der Waals surface area contributed by atoms with Gasteiger partial charge < -0.3 is 14.6 Å². The van der Waals surface area contributed by atoms with Crippen LogP contribution in [-0.4, -0.2) is 43.6 Å². The molecule has 12 heteroatoms. The van der Waals surface area contributed by atoms with Crippen LogP contribution in [0.15, 0.2) is 27.9 Å². The lowest BCUT2D eigenvalue weighted by Crippen LogP contribution is -2.25. The van der Waals surface area contributed by atoms with Crippen molar-refractivity contribution in [1.29, 1.82) is 0 Å². The van der Waals surface area contributed by atoms with Crippen molar-refractivity contribution in [3.8, 4) is 5.75 Å². The number of carbonyl (C=O) groups is 1. The molecule has 0 aliphatic heterocycles. The molecule has 1 N–H and O–H groups in total. The normalized spacial score (nSPS) is 11.1. The summed E-state index contributed by atoms with van der Waals surface area (Å²) >= 11 is 12.6. The molecular formula is C19H21Cl2N5O5. The zero-order chi connectivity index (χ0) is 22.7. The zero-order valence-corrected chi connectivity index (χ0v) is 18.7. The second-order valence-electron chi connectivity index (χ2n) is 6.57. The number of halogens is 2. The number of aromatic nitrogens is 5. The highest BCUT2D eigenvalue weighted by Crippen LogP contribution is 2.36. The van der Waals surface area contributed by atoms with Crippen LogP contribution in [0.2, 0.25) is 10.0 Å². The summed E-state index contributed by atoms with van der Waals surface area (Å²) in [6.07, 6.45) is 1.34. The van der Waals surface area contributed by atoms with Gasteiger partial charge in [0.15, 0.2) is 11.6 Å². The van der Waals surface area contributed by atoms with Crippen LogP contribution in [0.3, 0.4) is 0 Å². The zero-order valence-electron chi connectivity index (χ0n) is 17.1. The van der Waals surface area contributed by atoms with Gasteiger partial charge in [-0.15, -0.1) is 0 Å². The largest absolute Gasteiger partial charge is 0.488 e. The predicted molar refractivity (Wildman–Crippen MR) is 114 cm³/mol. The minimum absolute atomic E-state index is 0.0189. The first-order valence-electron chi connectivity index (χ1n) is 9.35. The molecule has 0 saturated carbocycles. The SMILES string of the molecule is CCn1[nH]cc(C(=O)c2ccc(Cl)c(OCCn3nc(COC)n(C)c3=O)c2Cl)c1=O. The third-order valence-electron chi connectivity index (χ3n) is 4.65. The number of aryl methyl sites for hydroxylation is 1. The van der Waals surface area contributed by atoms with Crippen LogP contribution in [0.5, 0.6) is 5.75 Å². The van der Waals surface area contributed by atoms with E-state index in [0.29, 0.717) is 12.4 Å². The Kier molecular flexibility index (Phi) is 7.04. The number of H-pyrrole nitrogens is 1. The molecule has 0 saturated heterocycles. The Morgan fingerprint density at radius 2 is 1.97 bits per heavy atom. The quantitative estimate of drug-likeness (QED) is 0.478. The summed E-state index contributed by atoms with van der Waals surface area (Å²) < 4.78 is 14.6. The molecule has 31 heavy (non-hydrogen) atoms. The van der Waals surface area contributed by atoms with Crippen LogP contribution in [0.1, 0.15) is 28.7 Å². The molecule has 3 rings (SSSR count). The summed E-state index contributed by atoms with van der Waals surface area (Å²) in [6, 6.07) is 2.90. The van der Waals surface area contributed by atoms with E-state index in [1.807, 2.05) is 0 Å². The van der Waals surface area contributed by atoms with Gasteiger partial charge in [0, 0.05) is 32.5 Å². The van der Waals surface area contributed by atoms with Crippen molar-refractivity contribution in [3.63, 3.8) is 0 Å². The van der Waals surface area contributed by atoms with Gasteiger partial charge in [0.2, 0.25) is 5.78 Å². The van der Waals surface area contributed by atoms with Crippen molar-refractivity contribution >= 4 is 29.0 Å². The Morgan fingerprint density at radius 1 is 1.23 bits per heavy atom. The lowest BCUT2D eigenvalue weighted by Gasteiger charge is -2.12. The third kappa shape index (κ3) is 4.46. The Balaban J connectivity index is 1.81. The number of rotatable bonds is 9. The van der Waals surface area contributed by atoms with Crippen molar-refractivity contribution in [1.82, 2.24) is 24.1 Å². The van der Waals surface area contributed by atoms with Gasteiger partial charge in [-0.3, -0.25) is 18.8 Å². The number of nitrogens with zero attached hydrogens (tertiary/aromatic N) is 4. The molecule has 0 aliphatic rings. The lowest BCUT2D eigenvalue weighted by atomic mass is 10.1. The fourth-order valence-electron chi connectivity index (χ4n) is 2.96. The van der Waals surface area contributed by atoms with Gasteiger partial charge in [0.25, 0.3) is 5.56 Å². The van der Waals surface area contributed by atoms with E-state index in [9.17, 15) is 14.4 Å². The number of hydrogen-bond donors (Lipinski definition) is 1. The molecule has 0 fully saturated rings. The fourth-order valence-corrected chi connectivity index (χ4v) is 3.52. The summed E-state index contributed by atoms with van der Waals surface area (Å²) in [5.74, 6) is 0.00662. The van der Waals surface area contributed by atoms with Crippen LogP contribution < -0.4 is 16.0 Å². The molecular weight excluding hydrogens is 449 g/mol. The van der Waals surface area contributed by atoms with E-state index in [0.717, 1.165) is 0 Å². The molecule has 10 nitrogen and oxygen atoms in total. The maximum absolute atomic E-state index is 12.8. The maximum atomic E-state index is 12.8. The van der Waals surface area contributed by atoms with E-state index >= 15 is 0 Å². The van der Waals surface area contributed by atoms with Crippen molar-refractivity contribution in [2.45, 2.75) is 26.6 Å². The molecule has 0 radical (unpaired) electrons. The molecule has 0 unspecified atom stereocenters. The van der Waals surface area contributed by atoms with E-state index in [-0.39, 0.29) is 52.4 Å². The smallest absolute Gasteiger partial charge is 0.345 e. The van der Waals surface area contributed by atoms with E-state index < -0.39 is 11.3 Å². The fraction of sp³-hybridized carbons (Fsp3) is 0.368. The number of aromatic amines is 1. The Labute approximate surface area is 186 Å². The average Bonchev–Trinajstić information content (AvgIpc) is 3.25. The first-order chi connectivity index (χ1) is 14.8. The molecule has 0 spiro atoms. The maximum Gasteiger partial charge on any atom is 0.345 e. The molecule has 3 aromatic rings. The Morgan fingerprint density at radius 3 is 2.61 bits per heavy atom. The van der Waals surface area contributed by atoms with Gasteiger partial charge in [-0.2, -0.15) is 5.10 Å². The van der Waals surface area contributed by atoms with Crippen molar-refractivity contribution in [3.05, 3.63) is 66.2 Å². The van der Waals surface area contributed by atoms with Crippen molar-refractivity contribution in [2.24, 2.45) is 7.05 Å². The van der Waals surface area contributed by atoms with E-state index in [1.54, 1.807) is 14.0 Å². The standard InChI is InChI=1S/C19H21Cl2N5O5/c1-4-25-18(28)12(9-22-25)16(27)11-5-6-13(20)17(15(11)21)31-8-7-26-19(29)24(2)14(23-26)10-30-3/h5-6,9,22H,4,7-8,10H2,1-3H3. The summed E-state index contributed by atoms with van der Waals surface area (Å²) in [7, 11) is 3.10. The Bertz CT molecular complexity index is 1220. The second-order valence-corrected chi connectivity index (χ2v) is 7.35. The second kappa shape index (κ2) is 9.54. The highest BCUT2D eigenvalue weighted by atomic mass is 35.5. The van der Waals surface area contributed by atoms with E-state index in [2.05, 4.69) is 10.2 Å². The minimum Gasteiger partial charge on any atom is -0.488 e. The Hall–Kier alpha value is -2.82. The number of carbonyl (C=O) groups excluding carboxylic acids is 1. The summed E-state index contributed by atoms with van der Waals surface area (Å²) in [6.45, 7) is 2.51. The summed E-state index contributed by atoms with van der Waals surface area (Å²) in [5.41, 5.74) is -0.723. The van der Waals surface area contributed by atoms with Crippen LogP contribution in [0.4, 0.5) is 0 Å². The van der Waals surface area contributed by atoms with Crippen LogP contribution in [-0.2, 0) is 31.5 Å². The molecule has 1 aromatic carbocycles. The first kappa shape index (κ1) is 22.9. The molecule has 0 aliphatic carbocycles. The monoisotopic (exact) mass is 469 g/mol.